The Bertz CT molecular complexity index is 1260. The molecule has 2 heterocycles. The van der Waals surface area contributed by atoms with Gasteiger partial charge in [0.1, 0.15) is 18.2 Å². The largest absolute Gasteiger partial charge is 0.488 e. The Morgan fingerprint density at radius 3 is 2.77 bits per heavy atom. The Hall–Kier alpha value is -3.59. The topological polar surface area (TPSA) is 88.5 Å². The number of halogens is 2. The van der Waals surface area contributed by atoms with Crippen molar-refractivity contribution in [2.45, 2.75) is 33.0 Å². The molecule has 0 aliphatic carbocycles. The third-order valence-corrected chi connectivity index (χ3v) is 5.85. The molecule has 2 aromatic carbocycles. The molecule has 0 radical (unpaired) electrons. The fraction of sp³-hybridized carbons (Fsp3) is 0.320. The minimum atomic E-state index is -0.411. The highest BCUT2D eigenvalue weighted by Crippen LogP contribution is 2.40. The molecule has 0 saturated heterocycles. The van der Waals surface area contributed by atoms with Gasteiger partial charge >= 0.3 is 6.03 Å². The summed E-state index contributed by atoms with van der Waals surface area (Å²) in [6.07, 6.45) is 0. The van der Waals surface area contributed by atoms with Crippen LogP contribution in [-0.4, -0.2) is 45.8 Å². The van der Waals surface area contributed by atoms with Crippen molar-refractivity contribution in [3.05, 3.63) is 70.1 Å². The summed E-state index contributed by atoms with van der Waals surface area (Å²) < 4.78 is 21.9. The highest BCUT2D eigenvalue weighted by Gasteiger charge is 2.31. The average molecular weight is 500 g/mol. The van der Waals surface area contributed by atoms with Crippen LogP contribution in [0, 0.1) is 5.82 Å². The van der Waals surface area contributed by atoms with E-state index >= 15 is 0 Å². The van der Waals surface area contributed by atoms with Crippen molar-refractivity contribution in [3.8, 4) is 17.0 Å². The molecule has 1 aliphatic heterocycles. The Balaban J connectivity index is 1.62. The Kier molecular flexibility index (Phi) is 7.25. The van der Waals surface area contributed by atoms with Crippen LogP contribution in [0.2, 0.25) is 5.02 Å². The minimum Gasteiger partial charge on any atom is -0.488 e. The Morgan fingerprint density at radius 1 is 1.26 bits per heavy atom. The summed E-state index contributed by atoms with van der Waals surface area (Å²) in [5.41, 5.74) is 2.72. The first-order valence-corrected chi connectivity index (χ1v) is 11.7. The normalized spacial score (nSPS) is 11.9. The van der Waals surface area contributed by atoms with Crippen LogP contribution in [-0.2, 0) is 20.2 Å². The number of fused-ring (bicyclic) bond motifs is 3. The lowest BCUT2D eigenvalue weighted by Crippen LogP contribution is -2.44. The summed E-state index contributed by atoms with van der Waals surface area (Å²) >= 11 is 6.20. The molecule has 0 atom stereocenters. The van der Waals surface area contributed by atoms with E-state index in [0.717, 1.165) is 11.3 Å². The molecule has 0 saturated carbocycles. The lowest BCUT2D eigenvalue weighted by molar-refractivity contribution is 0.0734. The van der Waals surface area contributed by atoms with Crippen LogP contribution in [0.3, 0.4) is 0 Å². The second-order valence-corrected chi connectivity index (χ2v) is 9.04. The average Bonchev–Trinajstić information content (AvgIpc) is 3.15. The van der Waals surface area contributed by atoms with Crippen LogP contribution in [0.15, 0.2) is 42.5 Å². The van der Waals surface area contributed by atoms with Crippen molar-refractivity contribution in [1.82, 2.24) is 25.3 Å². The van der Waals surface area contributed by atoms with Crippen molar-refractivity contribution >= 4 is 23.5 Å². The lowest BCUT2D eigenvalue weighted by Gasteiger charge is -2.24. The number of carbonyl (C=O) groups excluding carboxylic acids is 2. The maximum Gasteiger partial charge on any atom is 0.315 e. The first kappa shape index (κ1) is 24.5. The molecule has 0 spiro atoms. The summed E-state index contributed by atoms with van der Waals surface area (Å²) in [7, 11) is 1.75. The predicted octanol–water partition coefficient (Wildman–Crippen LogP) is 4.12. The molecule has 1 aromatic heterocycles. The summed E-state index contributed by atoms with van der Waals surface area (Å²) in [6.45, 7) is 4.24. The van der Waals surface area contributed by atoms with E-state index in [4.69, 9.17) is 16.3 Å². The molecule has 3 amide bonds. The quantitative estimate of drug-likeness (QED) is 0.512. The number of carbonyl (C=O) groups is 2. The second kappa shape index (κ2) is 10.4. The fourth-order valence-electron chi connectivity index (χ4n) is 4.03. The third kappa shape index (κ3) is 5.40. The van der Waals surface area contributed by atoms with Crippen LogP contribution < -0.4 is 15.4 Å². The fourth-order valence-corrected chi connectivity index (χ4v) is 4.20. The van der Waals surface area contributed by atoms with Gasteiger partial charge in [-0.1, -0.05) is 29.8 Å². The van der Waals surface area contributed by atoms with Gasteiger partial charge in [0.2, 0.25) is 0 Å². The van der Waals surface area contributed by atoms with E-state index in [-0.39, 0.29) is 49.9 Å². The van der Waals surface area contributed by atoms with Gasteiger partial charge in [0.05, 0.1) is 5.69 Å². The molecule has 4 rings (SSSR count). The summed E-state index contributed by atoms with van der Waals surface area (Å²) in [5.74, 6) is -0.136. The highest BCUT2D eigenvalue weighted by atomic mass is 35.5. The predicted molar refractivity (Wildman–Crippen MR) is 131 cm³/mol. The highest BCUT2D eigenvalue weighted by molar-refractivity contribution is 6.31. The lowest BCUT2D eigenvalue weighted by atomic mass is 10.0. The summed E-state index contributed by atoms with van der Waals surface area (Å²) in [6, 6.07) is 11.2. The Labute approximate surface area is 208 Å². The third-order valence-electron chi connectivity index (χ3n) is 5.61. The van der Waals surface area contributed by atoms with Gasteiger partial charge in [0, 0.05) is 54.4 Å². The molecule has 184 valence electrons. The van der Waals surface area contributed by atoms with Crippen molar-refractivity contribution in [1.29, 1.82) is 0 Å². The van der Waals surface area contributed by atoms with Gasteiger partial charge < -0.3 is 20.3 Å². The van der Waals surface area contributed by atoms with Crippen molar-refractivity contribution < 1.29 is 18.7 Å². The minimum absolute atomic E-state index is 0.0214. The van der Waals surface area contributed by atoms with Gasteiger partial charge in [-0.3, -0.25) is 9.48 Å². The molecule has 2 N–H and O–H groups in total. The van der Waals surface area contributed by atoms with Crippen molar-refractivity contribution in [2.24, 2.45) is 7.05 Å². The zero-order valence-corrected chi connectivity index (χ0v) is 20.5. The summed E-state index contributed by atoms with van der Waals surface area (Å²) in [5, 5.41) is 10.5. The number of rotatable bonds is 7. The van der Waals surface area contributed by atoms with Crippen LogP contribution in [0.25, 0.3) is 11.3 Å². The molecule has 0 bridgehead atoms. The number of nitrogens with zero attached hydrogens (tertiary/aromatic N) is 3. The van der Waals surface area contributed by atoms with Crippen LogP contribution in [0.5, 0.6) is 5.75 Å². The van der Waals surface area contributed by atoms with Crippen molar-refractivity contribution in [2.75, 3.05) is 13.1 Å². The molecular weight excluding hydrogens is 473 g/mol. The van der Waals surface area contributed by atoms with E-state index in [1.165, 1.54) is 11.0 Å². The van der Waals surface area contributed by atoms with Crippen LogP contribution in [0.4, 0.5) is 9.18 Å². The molecule has 8 nitrogen and oxygen atoms in total. The van der Waals surface area contributed by atoms with Gasteiger partial charge in [-0.2, -0.15) is 5.10 Å². The monoisotopic (exact) mass is 499 g/mol. The number of aromatic nitrogens is 2. The summed E-state index contributed by atoms with van der Waals surface area (Å²) in [4.78, 5) is 27.2. The zero-order chi connectivity index (χ0) is 25.1. The smallest absolute Gasteiger partial charge is 0.315 e. The van der Waals surface area contributed by atoms with Gasteiger partial charge in [0.15, 0.2) is 5.69 Å². The molecule has 0 fully saturated rings. The number of urea groups is 1. The van der Waals surface area contributed by atoms with E-state index in [0.29, 0.717) is 21.9 Å². The van der Waals surface area contributed by atoms with E-state index < -0.39 is 5.82 Å². The maximum absolute atomic E-state index is 14.4. The first-order chi connectivity index (χ1) is 16.7. The molecule has 0 unspecified atom stereocenters. The number of hydrogen-bond donors (Lipinski definition) is 2. The van der Waals surface area contributed by atoms with Gasteiger partial charge in [0.25, 0.3) is 5.91 Å². The van der Waals surface area contributed by atoms with E-state index in [1.807, 2.05) is 13.8 Å². The maximum atomic E-state index is 14.4. The number of aryl methyl sites for hydroxylation is 1. The number of ether oxygens (including phenoxy) is 1. The molecule has 3 aromatic rings. The number of nitrogens with one attached hydrogen (secondary N) is 2. The second-order valence-electron chi connectivity index (χ2n) is 8.60. The first-order valence-electron chi connectivity index (χ1n) is 11.3. The van der Waals surface area contributed by atoms with Gasteiger partial charge in [-0.15, -0.1) is 0 Å². The van der Waals surface area contributed by atoms with E-state index in [9.17, 15) is 14.0 Å². The zero-order valence-electron chi connectivity index (χ0n) is 19.8. The van der Waals surface area contributed by atoms with Crippen LogP contribution in [0.1, 0.15) is 35.5 Å². The van der Waals surface area contributed by atoms with E-state index in [2.05, 4.69) is 15.7 Å². The molecular formula is C25H27ClFN5O3. The Morgan fingerprint density at radius 2 is 2.03 bits per heavy atom. The van der Waals surface area contributed by atoms with Gasteiger partial charge in [-0.05, 0) is 38.1 Å². The molecule has 1 aliphatic rings. The van der Waals surface area contributed by atoms with Crippen molar-refractivity contribution in [3.63, 3.8) is 0 Å². The SMILES string of the molecule is CC(C)NC(=O)NCCN(Cc1ccccc1F)C(=O)c1nn(C)c2c1COc1ccc(Cl)cc1-2. The number of hydrogen-bond acceptors (Lipinski definition) is 4. The number of benzene rings is 2. The molecule has 35 heavy (non-hydrogen) atoms. The van der Waals surface area contributed by atoms with Gasteiger partial charge in [-0.25, -0.2) is 9.18 Å². The van der Waals surface area contributed by atoms with Crippen LogP contribution >= 0.6 is 11.6 Å². The van der Waals surface area contributed by atoms with E-state index in [1.54, 1.807) is 48.1 Å². The number of amides is 3. The standard InChI is InChI=1S/C25H27ClFN5O3/c1-15(2)29-25(34)28-10-11-32(13-16-6-4-5-7-20(16)27)24(33)22-19-14-35-21-9-8-17(26)12-18(21)23(19)31(3)30-22/h4-9,12,15H,10-11,13-14H2,1-3H3,(H2,28,29,34). The molecule has 10 heteroatoms.